The van der Waals surface area contributed by atoms with Crippen LogP contribution in [-0.2, 0) is 4.74 Å². The van der Waals surface area contributed by atoms with Gasteiger partial charge in [0.05, 0.1) is 26.4 Å². The lowest BCUT2D eigenvalue weighted by atomic mass is 10.0. The van der Waals surface area contributed by atoms with Gasteiger partial charge in [-0.2, -0.15) is 0 Å². The van der Waals surface area contributed by atoms with E-state index in [4.69, 9.17) is 9.47 Å². The maximum atomic E-state index is 13.8. The molecular formula is C19H22FNO3. The van der Waals surface area contributed by atoms with Crippen LogP contribution in [0, 0.1) is 5.82 Å². The van der Waals surface area contributed by atoms with E-state index < -0.39 is 6.10 Å². The fraction of sp³-hybridized carbons (Fsp3) is 0.368. The number of nitrogens with zero attached hydrogens (tertiary/aromatic N) is 1. The summed E-state index contributed by atoms with van der Waals surface area (Å²) in [6, 6.07) is 12.5. The maximum Gasteiger partial charge on any atom is 0.165 e. The van der Waals surface area contributed by atoms with Crippen molar-refractivity contribution in [3.05, 3.63) is 53.8 Å². The molecule has 2 aromatic rings. The molecule has 0 aromatic heterocycles. The van der Waals surface area contributed by atoms with Crippen molar-refractivity contribution in [2.75, 3.05) is 40.0 Å². The van der Waals surface area contributed by atoms with Crippen molar-refractivity contribution in [3.8, 4) is 16.9 Å². The second-order valence-electron chi connectivity index (χ2n) is 5.90. The van der Waals surface area contributed by atoms with Crippen LogP contribution in [-0.4, -0.2) is 50.0 Å². The lowest BCUT2D eigenvalue weighted by molar-refractivity contribution is 0.0143. The van der Waals surface area contributed by atoms with E-state index in [1.165, 1.54) is 13.2 Å². The fourth-order valence-corrected chi connectivity index (χ4v) is 2.88. The van der Waals surface area contributed by atoms with Crippen LogP contribution >= 0.6 is 0 Å². The van der Waals surface area contributed by atoms with Gasteiger partial charge in [0.15, 0.2) is 11.6 Å². The first-order valence-electron chi connectivity index (χ1n) is 8.09. The second kappa shape index (κ2) is 7.75. The Balaban J connectivity index is 1.69. The lowest BCUT2D eigenvalue weighted by Gasteiger charge is -2.28. The molecule has 4 nitrogen and oxygen atoms in total. The minimum absolute atomic E-state index is 0.233. The van der Waals surface area contributed by atoms with Crippen molar-refractivity contribution in [3.63, 3.8) is 0 Å². The number of halogens is 1. The summed E-state index contributed by atoms with van der Waals surface area (Å²) in [5, 5.41) is 10.4. The first-order chi connectivity index (χ1) is 11.7. The number of aliphatic hydroxyl groups excluding tert-OH is 1. The number of hydrogen-bond donors (Lipinski definition) is 1. The fourth-order valence-electron chi connectivity index (χ4n) is 2.88. The number of aliphatic hydroxyl groups is 1. The van der Waals surface area contributed by atoms with Gasteiger partial charge in [0, 0.05) is 19.6 Å². The molecule has 0 amide bonds. The normalized spacial score (nSPS) is 16.8. The molecule has 0 spiro atoms. The molecule has 1 fully saturated rings. The minimum atomic E-state index is -0.537. The largest absolute Gasteiger partial charge is 0.494 e. The third-order valence-corrected chi connectivity index (χ3v) is 4.32. The molecule has 24 heavy (non-hydrogen) atoms. The van der Waals surface area contributed by atoms with Gasteiger partial charge in [-0.25, -0.2) is 4.39 Å². The Bertz CT molecular complexity index is 669. The van der Waals surface area contributed by atoms with Crippen LogP contribution in [0.15, 0.2) is 42.5 Å². The molecule has 5 heteroatoms. The van der Waals surface area contributed by atoms with Crippen LogP contribution < -0.4 is 4.74 Å². The van der Waals surface area contributed by atoms with E-state index in [2.05, 4.69) is 4.90 Å². The quantitative estimate of drug-likeness (QED) is 0.915. The van der Waals surface area contributed by atoms with Crippen LogP contribution in [0.5, 0.6) is 5.75 Å². The van der Waals surface area contributed by atoms with Gasteiger partial charge >= 0.3 is 0 Å². The van der Waals surface area contributed by atoms with E-state index >= 15 is 0 Å². The highest BCUT2D eigenvalue weighted by Gasteiger charge is 2.16. The molecule has 1 saturated heterocycles. The molecule has 128 valence electrons. The summed E-state index contributed by atoms with van der Waals surface area (Å²) >= 11 is 0. The monoisotopic (exact) mass is 331 g/mol. The molecule has 0 radical (unpaired) electrons. The van der Waals surface area contributed by atoms with Crippen molar-refractivity contribution < 1.29 is 19.0 Å². The summed E-state index contributed by atoms with van der Waals surface area (Å²) in [6.45, 7) is 3.73. The highest BCUT2D eigenvalue weighted by atomic mass is 19.1. The number of benzene rings is 2. The number of morpholine rings is 1. The third-order valence-electron chi connectivity index (χ3n) is 4.32. The van der Waals surface area contributed by atoms with E-state index in [9.17, 15) is 9.50 Å². The Kier molecular flexibility index (Phi) is 5.45. The summed E-state index contributed by atoms with van der Waals surface area (Å²) in [5.74, 6) is -0.150. The number of ether oxygens (including phenoxy) is 2. The Labute approximate surface area is 141 Å². The predicted octanol–water partition coefficient (Wildman–Crippen LogP) is 2.87. The second-order valence-corrected chi connectivity index (χ2v) is 5.90. The number of β-amino-alcohol motifs (C(OH)–C–C–N with tert-alkyl or cyclic N) is 1. The zero-order chi connectivity index (χ0) is 16.9. The van der Waals surface area contributed by atoms with Crippen LogP contribution in [0.1, 0.15) is 11.7 Å². The highest BCUT2D eigenvalue weighted by Crippen LogP contribution is 2.27. The predicted molar refractivity (Wildman–Crippen MR) is 90.6 cm³/mol. The number of hydrogen-bond acceptors (Lipinski definition) is 4. The van der Waals surface area contributed by atoms with E-state index in [0.717, 1.165) is 29.8 Å². The standard InChI is InChI=1S/C19H22FNO3/c1-23-19-7-6-16(12-17(19)20)14-2-4-15(5-3-14)18(22)13-21-8-10-24-11-9-21/h2-7,12,18,22H,8-11,13H2,1H3/t18-/m0/s1. The first kappa shape index (κ1) is 16.9. The van der Waals surface area contributed by atoms with Gasteiger partial charge in [0.2, 0.25) is 0 Å². The van der Waals surface area contributed by atoms with E-state index in [1.807, 2.05) is 30.3 Å². The van der Waals surface area contributed by atoms with Gasteiger partial charge < -0.3 is 14.6 Å². The summed E-state index contributed by atoms with van der Waals surface area (Å²) in [7, 11) is 1.45. The van der Waals surface area contributed by atoms with Crippen LogP contribution in [0.2, 0.25) is 0 Å². The van der Waals surface area contributed by atoms with E-state index in [0.29, 0.717) is 19.8 Å². The highest BCUT2D eigenvalue weighted by molar-refractivity contribution is 5.64. The van der Waals surface area contributed by atoms with E-state index in [1.54, 1.807) is 6.07 Å². The van der Waals surface area contributed by atoms with Crippen molar-refractivity contribution in [2.45, 2.75) is 6.10 Å². The summed E-state index contributed by atoms with van der Waals surface area (Å²) in [4.78, 5) is 2.20. The smallest absolute Gasteiger partial charge is 0.165 e. The van der Waals surface area contributed by atoms with Gasteiger partial charge in [-0.3, -0.25) is 4.90 Å². The van der Waals surface area contributed by atoms with Crippen molar-refractivity contribution >= 4 is 0 Å². The number of methoxy groups -OCH3 is 1. The van der Waals surface area contributed by atoms with E-state index in [-0.39, 0.29) is 11.6 Å². The average Bonchev–Trinajstić information content (AvgIpc) is 2.62. The van der Waals surface area contributed by atoms with Crippen molar-refractivity contribution in [1.29, 1.82) is 0 Å². The topological polar surface area (TPSA) is 41.9 Å². The molecule has 1 heterocycles. The van der Waals surface area contributed by atoms with Crippen LogP contribution in [0.4, 0.5) is 4.39 Å². The third kappa shape index (κ3) is 3.93. The van der Waals surface area contributed by atoms with Gasteiger partial charge in [0.1, 0.15) is 0 Å². The molecule has 1 atom stereocenters. The first-order valence-corrected chi connectivity index (χ1v) is 8.09. The Morgan fingerprint density at radius 1 is 1.12 bits per heavy atom. The lowest BCUT2D eigenvalue weighted by Crippen LogP contribution is -2.38. The number of rotatable bonds is 5. The molecule has 1 N–H and O–H groups in total. The molecule has 2 aromatic carbocycles. The SMILES string of the molecule is COc1ccc(-c2ccc([C@@H](O)CN3CCOCC3)cc2)cc1F. The molecule has 1 aliphatic heterocycles. The van der Waals surface area contributed by atoms with Crippen molar-refractivity contribution in [1.82, 2.24) is 4.90 Å². The summed E-state index contributed by atoms with van der Waals surface area (Å²) in [5.41, 5.74) is 2.54. The zero-order valence-electron chi connectivity index (χ0n) is 13.7. The molecule has 1 aliphatic rings. The Hall–Kier alpha value is -1.95. The molecular weight excluding hydrogens is 309 g/mol. The summed E-state index contributed by atoms with van der Waals surface area (Å²) in [6.07, 6.45) is -0.537. The maximum absolute atomic E-state index is 13.8. The van der Waals surface area contributed by atoms with Crippen LogP contribution in [0.3, 0.4) is 0 Å². The Morgan fingerprint density at radius 3 is 2.42 bits per heavy atom. The van der Waals surface area contributed by atoms with Gasteiger partial charge in [-0.05, 0) is 28.8 Å². The Morgan fingerprint density at radius 2 is 1.79 bits per heavy atom. The molecule has 3 rings (SSSR count). The van der Waals surface area contributed by atoms with Gasteiger partial charge in [0.25, 0.3) is 0 Å². The molecule has 0 aliphatic carbocycles. The molecule has 0 unspecified atom stereocenters. The zero-order valence-corrected chi connectivity index (χ0v) is 13.7. The van der Waals surface area contributed by atoms with Crippen molar-refractivity contribution in [2.24, 2.45) is 0 Å². The molecule has 0 bridgehead atoms. The van der Waals surface area contributed by atoms with Gasteiger partial charge in [-0.1, -0.05) is 30.3 Å². The van der Waals surface area contributed by atoms with Crippen LogP contribution in [0.25, 0.3) is 11.1 Å². The molecule has 0 saturated carbocycles. The summed E-state index contributed by atoms with van der Waals surface area (Å²) < 4.78 is 24.1. The average molecular weight is 331 g/mol. The van der Waals surface area contributed by atoms with Gasteiger partial charge in [-0.15, -0.1) is 0 Å². The minimum Gasteiger partial charge on any atom is -0.494 e.